The van der Waals surface area contributed by atoms with Crippen molar-refractivity contribution >= 4 is 37.3 Å². The summed E-state index contributed by atoms with van der Waals surface area (Å²) in [5, 5.41) is 14.7. The number of nitrogens with one attached hydrogen (secondary N) is 1. The molecule has 0 aliphatic carbocycles. The molecule has 0 saturated heterocycles. The molecular weight excluding hydrogens is 382 g/mol. The molecule has 29 heavy (non-hydrogen) atoms. The SMILES string of the molecule is CCn1c2ccccc2c2ccc(NC=C(C#N)S(=O)(=O)c3ccccc3)cc21. The van der Waals surface area contributed by atoms with Gasteiger partial charge in [0.2, 0.25) is 9.84 Å². The largest absolute Gasteiger partial charge is 0.360 e. The van der Waals surface area contributed by atoms with Gasteiger partial charge < -0.3 is 9.88 Å². The van der Waals surface area contributed by atoms with Gasteiger partial charge >= 0.3 is 0 Å². The first kappa shape index (κ1) is 18.8. The molecule has 0 aliphatic heterocycles. The summed E-state index contributed by atoms with van der Waals surface area (Å²) in [6, 6.07) is 23.8. The lowest BCUT2D eigenvalue weighted by molar-refractivity contribution is 0.603. The molecule has 4 aromatic rings. The highest BCUT2D eigenvalue weighted by molar-refractivity contribution is 7.95. The Labute approximate surface area is 169 Å². The number of nitriles is 1. The van der Waals surface area contributed by atoms with E-state index in [0.29, 0.717) is 5.69 Å². The number of anilines is 1. The molecule has 0 saturated carbocycles. The molecule has 0 spiro atoms. The monoisotopic (exact) mass is 401 g/mol. The Morgan fingerprint density at radius 3 is 2.41 bits per heavy atom. The van der Waals surface area contributed by atoms with E-state index in [9.17, 15) is 13.7 Å². The third-order valence-corrected chi connectivity index (χ3v) is 6.59. The average molecular weight is 401 g/mol. The highest BCUT2D eigenvalue weighted by atomic mass is 32.2. The van der Waals surface area contributed by atoms with Crippen LogP contribution in [0.25, 0.3) is 21.8 Å². The van der Waals surface area contributed by atoms with Gasteiger partial charge in [0.25, 0.3) is 0 Å². The third-order valence-electron chi connectivity index (χ3n) is 4.91. The van der Waals surface area contributed by atoms with Gasteiger partial charge in [-0.05, 0) is 37.3 Å². The zero-order valence-corrected chi connectivity index (χ0v) is 16.6. The fraction of sp³-hybridized carbons (Fsp3) is 0.0870. The van der Waals surface area contributed by atoms with Crippen molar-refractivity contribution in [3.8, 4) is 6.07 Å². The van der Waals surface area contributed by atoms with Gasteiger partial charge in [-0.15, -0.1) is 0 Å². The topological polar surface area (TPSA) is 74.9 Å². The fourth-order valence-electron chi connectivity index (χ4n) is 3.53. The van der Waals surface area contributed by atoms with Crippen LogP contribution in [0, 0.1) is 11.3 Å². The van der Waals surface area contributed by atoms with E-state index in [1.807, 2.05) is 30.3 Å². The van der Waals surface area contributed by atoms with Crippen molar-refractivity contribution in [2.75, 3.05) is 5.32 Å². The van der Waals surface area contributed by atoms with Gasteiger partial charge in [0, 0.05) is 34.7 Å². The highest BCUT2D eigenvalue weighted by Crippen LogP contribution is 2.31. The van der Waals surface area contributed by atoms with Gasteiger partial charge in [0.05, 0.1) is 10.4 Å². The van der Waals surface area contributed by atoms with Crippen molar-refractivity contribution in [1.82, 2.24) is 4.57 Å². The Morgan fingerprint density at radius 2 is 1.69 bits per heavy atom. The minimum Gasteiger partial charge on any atom is -0.360 e. The summed E-state index contributed by atoms with van der Waals surface area (Å²) in [5.74, 6) is 0. The second kappa shape index (κ2) is 7.46. The van der Waals surface area contributed by atoms with Crippen molar-refractivity contribution in [2.45, 2.75) is 18.4 Å². The number of hydrogen-bond donors (Lipinski definition) is 1. The molecule has 3 aromatic carbocycles. The van der Waals surface area contributed by atoms with Gasteiger partial charge in [-0.25, -0.2) is 8.42 Å². The quantitative estimate of drug-likeness (QED) is 0.474. The zero-order valence-electron chi connectivity index (χ0n) is 15.8. The molecule has 1 aromatic heterocycles. The van der Waals surface area contributed by atoms with Crippen LogP contribution in [-0.2, 0) is 16.4 Å². The van der Waals surface area contributed by atoms with Crippen LogP contribution in [0.1, 0.15) is 6.92 Å². The normalized spacial score (nSPS) is 12.2. The molecule has 144 valence electrons. The molecule has 0 atom stereocenters. The minimum atomic E-state index is -3.86. The lowest BCUT2D eigenvalue weighted by atomic mass is 10.1. The first-order valence-corrected chi connectivity index (χ1v) is 10.7. The number of sulfone groups is 1. The molecule has 0 fully saturated rings. The first-order chi connectivity index (χ1) is 14.1. The summed E-state index contributed by atoms with van der Waals surface area (Å²) >= 11 is 0. The third kappa shape index (κ3) is 3.26. The van der Waals surface area contributed by atoms with E-state index >= 15 is 0 Å². The molecule has 0 amide bonds. The maximum Gasteiger partial charge on any atom is 0.218 e. The molecule has 4 rings (SSSR count). The number of fused-ring (bicyclic) bond motifs is 3. The van der Waals surface area contributed by atoms with Crippen LogP contribution < -0.4 is 5.32 Å². The van der Waals surface area contributed by atoms with E-state index in [4.69, 9.17) is 0 Å². The van der Waals surface area contributed by atoms with Crippen LogP contribution in [0.4, 0.5) is 5.69 Å². The van der Waals surface area contributed by atoms with Gasteiger partial charge in [0.15, 0.2) is 4.91 Å². The Bertz CT molecular complexity index is 1380. The van der Waals surface area contributed by atoms with Gasteiger partial charge in [-0.3, -0.25) is 0 Å². The van der Waals surface area contributed by atoms with Crippen LogP contribution in [0.3, 0.4) is 0 Å². The molecule has 0 bridgehead atoms. The molecule has 0 unspecified atom stereocenters. The van der Waals surface area contributed by atoms with E-state index < -0.39 is 9.84 Å². The van der Waals surface area contributed by atoms with Gasteiger partial charge in [-0.1, -0.05) is 42.5 Å². The van der Waals surface area contributed by atoms with Crippen molar-refractivity contribution in [1.29, 1.82) is 5.26 Å². The van der Waals surface area contributed by atoms with E-state index in [1.54, 1.807) is 24.3 Å². The Morgan fingerprint density at radius 1 is 1.00 bits per heavy atom. The lowest BCUT2D eigenvalue weighted by Crippen LogP contribution is -2.05. The smallest absolute Gasteiger partial charge is 0.218 e. The van der Waals surface area contributed by atoms with Crippen molar-refractivity contribution in [3.05, 3.63) is 83.9 Å². The second-order valence-corrected chi connectivity index (χ2v) is 8.49. The van der Waals surface area contributed by atoms with Crippen LogP contribution in [0.5, 0.6) is 0 Å². The number of hydrogen-bond acceptors (Lipinski definition) is 4. The van der Waals surface area contributed by atoms with Crippen LogP contribution in [-0.4, -0.2) is 13.0 Å². The minimum absolute atomic E-state index is 0.0937. The molecule has 0 radical (unpaired) electrons. The number of para-hydroxylation sites is 1. The number of allylic oxidation sites excluding steroid dienone is 1. The van der Waals surface area contributed by atoms with Gasteiger partial charge in [0.1, 0.15) is 6.07 Å². The van der Waals surface area contributed by atoms with Crippen LogP contribution >= 0.6 is 0 Å². The summed E-state index contributed by atoms with van der Waals surface area (Å²) in [6.07, 6.45) is 1.25. The standard InChI is InChI=1S/C23H19N3O2S/c1-2-26-22-11-7-6-10-20(22)21-13-12-17(14-23(21)26)25-16-19(15-24)29(27,28)18-8-4-3-5-9-18/h3-14,16,25H,2H2,1H3. The predicted octanol–water partition coefficient (Wildman–Crippen LogP) is 5.07. The molecule has 6 heteroatoms. The summed E-state index contributed by atoms with van der Waals surface area (Å²) in [6.45, 7) is 2.90. The summed E-state index contributed by atoms with van der Waals surface area (Å²) in [5.41, 5.74) is 2.92. The first-order valence-electron chi connectivity index (χ1n) is 9.24. The van der Waals surface area contributed by atoms with E-state index in [0.717, 1.165) is 23.0 Å². The van der Waals surface area contributed by atoms with Gasteiger partial charge in [-0.2, -0.15) is 5.26 Å². The number of aromatic nitrogens is 1. The number of aryl methyl sites for hydroxylation is 1. The number of rotatable bonds is 5. The van der Waals surface area contributed by atoms with Crippen LogP contribution in [0.2, 0.25) is 0 Å². The predicted molar refractivity (Wildman–Crippen MR) is 116 cm³/mol. The summed E-state index contributed by atoms with van der Waals surface area (Å²) in [4.78, 5) is -0.240. The molecule has 5 nitrogen and oxygen atoms in total. The maximum atomic E-state index is 12.7. The zero-order chi connectivity index (χ0) is 20.4. The average Bonchev–Trinajstić information content (AvgIpc) is 3.07. The fourth-order valence-corrected chi connectivity index (χ4v) is 4.63. The summed E-state index contributed by atoms with van der Waals surface area (Å²) in [7, 11) is -3.86. The molecular formula is C23H19N3O2S. The molecule has 1 heterocycles. The second-order valence-electron chi connectivity index (χ2n) is 6.57. The number of benzene rings is 3. The molecule has 1 N–H and O–H groups in total. The van der Waals surface area contributed by atoms with E-state index in [-0.39, 0.29) is 9.80 Å². The Balaban J connectivity index is 1.74. The molecule has 0 aliphatic rings. The highest BCUT2D eigenvalue weighted by Gasteiger charge is 2.20. The Hall–Kier alpha value is -3.56. The Kier molecular flexibility index (Phi) is 4.83. The van der Waals surface area contributed by atoms with Crippen LogP contribution in [0.15, 0.2) is 88.8 Å². The van der Waals surface area contributed by atoms with Crippen molar-refractivity contribution in [2.24, 2.45) is 0 Å². The van der Waals surface area contributed by atoms with E-state index in [2.05, 4.69) is 28.9 Å². The van der Waals surface area contributed by atoms with Crippen molar-refractivity contribution in [3.63, 3.8) is 0 Å². The summed E-state index contributed by atoms with van der Waals surface area (Å²) < 4.78 is 27.6. The van der Waals surface area contributed by atoms with Crippen molar-refractivity contribution < 1.29 is 8.42 Å². The lowest BCUT2D eigenvalue weighted by Gasteiger charge is -2.07. The number of nitrogens with zero attached hydrogens (tertiary/aromatic N) is 2. The maximum absolute atomic E-state index is 12.7. The van der Waals surface area contributed by atoms with E-state index in [1.165, 1.54) is 23.7 Å².